The smallest absolute Gasteiger partial charge is 0.294 e. The van der Waals surface area contributed by atoms with Crippen LogP contribution in [-0.4, -0.2) is 38.7 Å². The molecule has 8 nitrogen and oxygen atoms in total. The molecule has 2 amide bonds. The lowest BCUT2D eigenvalue weighted by atomic mass is 10.0. The zero-order chi connectivity index (χ0) is 25.5. The maximum Gasteiger partial charge on any atom is 0.294 e. The lowest BCUT2D eigenvalue weighted by Crippen LogP contribution is -2.46. The summed E-state index contributed by atoms with van der Waals surface area (Å²) in [5.41, 5.74) is 1.07. The third kappa shape index (κ3) is 5.64. The summed E-state index contributed by atoms with van der Waals surface area (Å²) in [6.07, 6.45) is 5.41. The van der Waals surface area contributed by atoms with Crippen molar-refractivity contribution in [3.8, 4) is 17.2 Å². The molecule has 0 saturated heterocycles. The zero-order valence-corrected chi connectivity index (χ0v) is 20.9. The minimum Gasteiger partial charge on any atom is -0.497 e. The number of benzene rings is 2. The summed E-state index contributed by atoms with van der Waals surface area (Å²) in [5.74, 6) is 1.04. The molecule has 1 saturated carbocycles. The van der Waals surface area contributed by atoms with Crippen LogP contribution >= 0.6 is 0 Å². The van der Waals surface area contributed by atoms with E-state index in [1.54, 1.807) is 42.5 Å². The molecule has 4 rings (SSSR count). The molecule has 0 aliphatic heterocycles. The first-order chi connectivity index (χ1) is 17.5. The van der Waals surface area contributed by atoms with E-state index in [1.807, 2.05) is 19.1 Å². The van der Waals surface area contributed by atoms with Gasteiger partial charge in [-0.1, -0.05) is 25.0 Å². The van der Waals surface area contributed by atoms with Gasteiger partial charge in [0.15, 0.2) is 5.76 Å². The molecule has 1 atom stereocenters. The molecule has 1 aliphatic carbocycles. The number of hydrogen-bond acceptors (Lipinski definition) is 6. The topological polar surface area (TPSA) is 90.2 Å². The highest BCUT2D eigenvalue weighted by atomic mass is 16.5. The van der Waals surface area contributed by atoms with E-state index in [4.69, 9.17) is 18.6 Å². The summed E-state index contributed by atoms with van der Waals surface area (Å²) in [6.45, 7) is 2.43. The Bertz CT molecular complexity index is 1130. The molecule has 8 heteroatoms. The van der Waals surface area contributed by atoms with E-state index in [9.17, 15) is 9.59 Å². The van der Waals surface area contributed by atoms with E-state index in [0.29, 0.717) is 35.1 Å². The number of ether oxygens (including phenoxy) is 3. The minimum atomic E-state index is -0.976. The summed E-state index contributed by atoms with van der Waals surface area (Å²) in [5, 5.41) is 3.17. The third-order valence-corrected chi connectivity index (χ3v) is 6.28. The Labute approximate surface area is 211 Å². The van der Waals surface area contributed by atoms with Gasteiger partial charge in [0, 0.05) is 24.2 Å². The number of methoxy groups -OCH3 is 2. The summed E-state index contributed by atoms with van der Waals surface area (Å²) >= 11 is 0. The second kappa shape index (κ2) is 11.7. The maximum atomic E-state index is 13.9. The molecule has 0 radical (unpaired) electrons. The largest absolute Gasteiger partial charge is 0.497 e. The van der Waals surface area contributed by atoms with Crippen molar-refractivity contribution in [3.63, 3.8) is 0 Å². The Morgan fingerprint density at radius 3 is 2.22 bits per heavy atom. The number of rotatable bonds is 10. The van der Waals surface area contributed by atoms with Gasteiger partial charge < -0.3 is 23.9 Å². The van der Waals surface area contributed by atoms with Gasteiger partial charge in [0.25, 0.3) is 5.91 Å². The van der Waals surface area contributed by atoms with E-state index in [2.05, 4.69) is 5.32 Å². The maximum absolute atomic E-state index is 13.9. The molecule has 1 aromatic heterocycles. The molecule has 0 spiro atoms. The average molecular weight is 493 g/mol. The van der Waals surface area contributed by atoms with Gasteiger partial charge in [0.05, 0.1) is 32.8 Å². The predicted octanol–water partition coefficient (Wildman–Crippen LogP) is 5.14. The average Bonchev–Trinajstić information content (AvgIpc) is 3.62. The van der Waals surface area contributed by atoms with E-state index >= 15 is 0 Å². The van der Waals surface area contributed by atoms with Crippen molar-refractivity contribution in [3.05, 3.63) is 72.2 Å². The number of hydrogen-bond donors (Lipinski definition) is 1. The number of anilines is 1. The van der Waals surface area contributed by atoms with Crippen LogP contribution in [0, 0.1) is 0 Å². The molecular weight excluding hydrogens is 460 g/mol. The first-order valence-corrected chi connectivity index (χ1v) is 12.2. The van der Waals surface area contributed by atoms with Crippen molar-refractivity contribution >= 4 is 17.5 Å². The van der Waals surface area contributed by atoms with Gasteiger partial charge in [0.1, 0.15) is 23.3 Å². The second-order valence-corrected chi connectivity index (χ2v) is 8.62. The number of nitrogens with zero attached hydrogens (tertiary/aromatic N) is 1. The van der Waals surface area contributed by atoms with Gasteiger partial charge in [-0.3, -0.25) is 14.5 Å². The van der Waals surface area contributed by atoms with Crippen molar-refractivity contribution in [2.45, 2.75) is 44.7 Å². The van der Waals surface area contributed by atoms with Crippen LogP contribution in [-0.2, 0) is 4.79 Å². The van der Waals surface area contributed by atoms with Gasteiger partial charge in [-0.25, -0.2) is 0 Å². The van der Waals surface area contributed by atoms with Crippen molar-refractivity contribution in [1.82, 2.24) is 5.32 Å². The number of carbonyl (C=O) groups excluding carboxylic acids is 2. The van der Waals surface area contributed by atoms with Crippen LogP contribution in [0.2, 0.25) is 0 Å². The lowest BCUT2D eigenvalue weighted by molar-refractivity contribution is -0.123. The standard InChI is InChI=1S/C28H32N2O6/c1-4-35-22-13-11-19(12-14-22)26(27(31)29-20-8-5-6-9-20)30(28(32)25-10-7-15-36-25)21-16-23(33-2)18-24(17-21)34-3/h7,10-18,20,26H,4-6,8-9H2,1-3H3,(H,29,31)/t26-/m0/s1. The van der Waals surface area contributed by atoms with Crippen LogP contribution in [0.3, 0.4) is 0 Å². The van der Waals surface area contributed by atoms with Crippen molar-refractivity contribution in [1.29, 1.82) is 0 Å². The highest BCUT2D eigenvalue weighted by Crippen LogP contribution is 2.36. The Hall–Kier alpha value is -3.94. The SMILES string of the molecule is CCOc1ccc([C@@H](C(=O)NC2CCCC2)N(C(=O)c2ccco2)c2cc(OC)cc(OC)c2)cc1. The minimum absolute atomic E-state index is 0.0723. The predicted molar refractivity (Wildman–Crippen MR) is 136 cm³/mol. The Morgan fingerprint density at radius 2 is 1.67 bits per heavy atom. The molecule has 3 aromatic rings. The number of furan rings is 1. The van der Waals surface area contributed by atoms with E-state index < -0.39 is 11.9 Å². The summed E-state index contributed by atoms with van der Waals surface area (Å²) < 4.78 is 22.0. The first kappa shape index (κ1) is 25.2. The van der Waals surface area contributed by atoms with E-state index in [-0.39, 0.29) is 17.7 Å². The van der Waals surface area contributed by atoms with Gasteiger partial charge >= 0.3 is 0 Å². The Morgan fingerprint density at radius 1 is 1.00 bits per heavy atom. The highest BCUT2D eigenvalue weighted by molar-refractivity contribution is 6.09. The van der Waals surface area contributed by atoms with Crippen molar-refractivity contribution in [2.75, 3.05) is 25.7 Å². The van der Waals surface area contributed by atoms with Crippen LogP contribution < -0.4 is 24.4 Å². The number of amides is 2. The molecule has 2 aromatic carbocycles. The second-order valence-electron chi connectivity index (χ2n) is 8.62. The van der Waals surface area contributed by atoms with Gasteiger partial charge in [-0.05, 0) is 49.6 Å². The quantitative estimate of drug-likeness (QED) is 0.421. The fourth-order valence-electron chi connectivity index (χ4n) is 4.52. The molecule has 0 bridgehead atoms. The van der Waals surface area contributed by atoms with Gasteiger partial charge in [0.2, 0.25) is 5.91 Å². The fraction of sp³-hybridized carbons (Fsp3) is 0.357. The lowest BCUT2D eigenvalue weighted by Gasteiger charge is -2.32. The van der Waals surface area contributed by atoms with Crippen LogP contribution in [0.15, 0.2) is 65.3 Å². The van der Waals surface area contributed by atoms with E-state index in [0.717, 1.165) is 25.7 Å². The van der Waals surface area contributed by atoms with Crippen LogP contribution in [0.5, 0.6) is 17.2 Å². The molecule has 190 valence electrons. The van der Waals surface area contributed by atoms with Crippen LogP contribution in [0.1, 0.15) is 54.8 Å². The molecule has 0 unspecified atom stereocenters. The molecule has 1 heterocycles. The Balaban J connectivity index is 1.84. The van der Waals surface area contributed by atoms with Gasteiger partial charge in [-0.15, -0.1) is 0 Å². The van der Waals surface area contributed by atoms with E-state index in [1.165, 1.54) is 25.4 Å². The highest BCUT2D eigenvalue weighted by Gasteiger charge is 2.36. The molecular formula is C28H32N2O6. The molecule has 36 heavy (non-hydrogen) atoms. The third-order valence-electron chi connectivity index (χ3n) is 6.28. The van der Waals surface area contributed by atoms with Gasteiger partial charge in [-0.2, -0.15) is 0 Å². The molecule has 1 fully saturated rings. The molecule has 1 N–H and O–H groups in total. The van der Waals surface area contributed by atoms with Crippen molar-refractivity contribution in [2.24, 2.45) is 0 Å². The summed E-state index contributed by atoms with van der Waals surface area (Å²) in [4.78, 5) is 29.2. The fourth-order valence-corrected chi connectivity index (χ4v) is 4.52. The first-order valence-electron chi connectivity index (χ1n) is 12.2. The number of nitrogens with one attached hydrogen (secondary N) is 1. The van der Waals surface area contributed by atoms with Crippen LogP contribution in [0.4, 0.5) is 5.69 Å². The summed E-state index contributed by atoms with van der Waals surface area (Å²) in [6, 6.07) is 14.7. The van der Waals surface area contributed by atoms with Crippen molar-refractivity contribution < 1.29 is 28.2 Å². The zero-order valence-electron chi connectivity index (χ0n) is 20.9. The normalized spacial score (nSPS) is 14.2. The Kier molecular flexibility index (Phi) is 8.15. The summed E-state index contributed by atoms with van der Waals surface area (Å²) in [7, 11) is 3.07. The number of carbonyl (C=O) groups is 2. The monoisotopic (exact) mass is 492 g/mol. The van der Waals surface area contributed by atoms with Crippen LogP contribution in [0.25, 0.3) is 0 Å². The molecule has 1 aliphatic rings.